The number of methoxy groups -OCH3 is 1. The molecule has 118 valence electrons. The van der Waals surface area contributed by atoms with E-state index in [0.717, 1.165) is 23.6 Å². The van der Waals surface area contributed by atoms with Crippen molar-refractivity contribution < 1.29 is 9.47 Å². The van der Waals surface area contributed by atoms with E-state index in [1.54, 1.807) is 7.11 Å². The summed E-state index contributed by atoms with van der Waals surface area (Å²) in [4.78, 5) is 0. The van der Waals surface area contributed by atoms with E-state index >= 15 is 0 Å². The molecule has 0 saturated carbocycles. The standard InChI is InChI=1S/C19H25NO2/c1-19(2,3)20-13-16-7-5-6-8-18(16)22-14-15-9-11-17(21-4)12-10-15/h5-12,20H,13-14H2,1-4H3. The van der Waals surface area contributed by atoms with Gasteiger partial charge in [0, 0.05) is 17.6 Å². The summed E-state index contributed by atoms with van der Waals surface area (Å²) in [7, 11) is 1.67. The number of ether oxygens (including phenoxy) is 2. The summed E-state index contributed by atoms with van der Waals surface area (Å²) in [6, 6.07) is 16.1. The van der Waals surface area contributed by atoms with E-state index in [1.165, 1.54) is 5.56 Å². The molecule has 0 aliphatic heterocycles. The average molecular weight is 299 g/mol. The number of rotatable bonds is 6. The highest BCUT2D eigenvalue weighted by molar-refractivity contribution is 5.34. The summed E-state index contributed by atoms with van der Waals surface area (Å²) in [5.41, 5.74) is 2.38. The molecule has 0 bridgehead atoms. The van der Waals surface area contributed by atoms with Crippen LogP contribution in [0.1, 0.15) is 31.9 Å². The van der Waals surface area contributed by atoms with Crippen molar-refractivity contribution in [3.05, 3.63) is 59.7 Å². The summed E-state index contributed by atoms with van der Waals surface area (Å²) < 4.78 is 11.1. The second-order valence-corrected chi connectivity index (χ2v) is 6.35. The first-order valence-corrected chi connectivity index (χ1v) is 7.56. The molecule has 0 aliphatic carbocycles. The first-order chi connectivity index (χ1) is 10.5. The minimum absolute atomic E-state index is 0.0864. The van der Waals surface area contributed by atoms with Crippen LogP contribution in [-0.4, -0.2) is 12.6 Å². The predicted molar refractivity (Wildman–Crippen MR) is 90.4 cm³/mol. The lowest BCUT2D eigenvalue weighted by molar-refractivity contribution is 0.300. The Hall–Kier alpha value is -2.00. The van der Waals surface area contributed by atoms with Gasteiger partial charge in [0.15, 0.2) is 0 Å². The van der Waals surface area contributed by atoms with E-state index in [1.807, 2.05) is 42.5 Å². The van der Waals surface area contributed by atoms with Crippen LogP contribution in [-0.2, 0) is 13.2 Å². The number of benzene rings is 2. The van der Waals surface area contributed by atoms with Crippen molar-refractivity contribution in [2.45, 2.75) is 39.5 Å². The molecule has 3 nitrogen and oxygen atoms in total. The molecule has 1 N–H and O–H groups in total. The monoisotopic (exact) mass is 299 g/mol. The van der Waals surface area contributed by atoms with Crippen LogP contribution in [0.4, 0.5) is 0 Å². The molecule has 22 heavy (non-hydrogen) atoms. The van der Waals surface area contributed by atoms with Crippen molar-refractivity contribution in [3.63, 3.8) is 0 Å². The Morgan fingerprint density at radius 1 is 0.955 bits per heavy atom. The summed E-state index contributed by atoms with van der Waals surface area (Å²) in [6.45, 7) is 7.83. The highest BCUT2D eigenvalue weighted by atomic mass is 16.5. The van der Waals surface area contributed by atoms with Crippen molar-refractivity contribution >= 4 is 0 Å². The van der Waals surface area contributed by atoms with Crippen molar-refractivity contribution in [2.24, 2.45) is 0 Å². The number of hydrogen-bond acceptors (Lipinski definition) is 3. The molecule has 2 rings (SSSR count). The zero-order valence-electron chi connectivity index (χ0n) is 13.8. The molecule has 0 fully saturated rings. The normalized spacial score (nSPS) is 11.3. The van der Waals surface area contributed by atoms with Gasteiger partial charge in [-0.15, -0.1) is 0 Å². The van der Waals surface area contributed by atoms with Crippen LogP contribution in [0.5, 0.6) is 11.5 Å². The Morgan fingerprint density at radius 2 is 1.64 bits per heavy atom. The van der Waals surface area contributed by atoms with Gasteiger partial charge in [-0.25, -0.2) is 0 Å². The summed E-state index contributed by atoms with van der Waals surface area (Å²) >= 11 is 0. The van der Waals surface area contributed by atoms with Crippen LogP contribution in [0.15, 0.2) is 48.5 Å². The van der Waals surface area contributed by atoms with Crippen molar-refractivity contribution in [1.82, 2.24) is 5.32 Å². The van der Waals surface area contributed by atoms with Gasteiger partial charge in [-0.2, -0.15) is 0 Å². The molecule has 0 atom stereocenters. The van der Waals surface area contributed by atoms with Crippen molar-refractivity contribution in [3.8, 4) is 11.5 Å². The van der Waals surface area contributed by atoms with Crippen LogP contribution >= 0.6 is 0 Å². The Balaban J connectivity index is 1.99. The van der Waals surface area contributed by atoms with E-state index in [9.17, 15) is 0 Å². The second kappa shape index (κ2) is 7.32. The van der Waals surface area contributed by atoms with Gasteiger partial charge in [0.05, 0.1) is 7.11 Å². The Morgan fingerprint density at radius 3 is 2.27 bits per heavy atom. The van der Waals surface area contributed by atoms with Gasteiger partial charge in [0.2, 0.25) is 0 Å². The van der Waals surface area contributed by atoms with Gasteiger partial charge in [0.25, 0.3) is 0 Å². The highest BCUT2D eigenvalue weighted by Crippen LogP contribution is 2.21. The fraction of sp³-hybridized carbons (Fsp3) is 0.368. The molecule has 0 aromatic heterocycles. The van der Waals surface area contributed by atoms with E-state index in [4.69, 9.17) is 9.47 Å². The fourth-order valence-electron chi connectivity index (χ4n) is 2.03. The Labute approximate surface area is 133 Å². The molecule has 0 heterocycles. The average Bonchev–Trinajstić information content (AvgIpc) is 2.51. The van der Waals surface area contributed by atoms with Gasteiger partial charge in [-0.05, 0) is 44.5 Å². The molecule has 2 aromatic carbocycles. The predicted octanol–water partition coefficient (Wildman–Crippen LogP) is 4.16. The lowest BCUT2D eigenvalue weighted by Gasteiger charge is -2.21. The topological polar surface area (TPSA) is 30.5 Å². The third-order valence-corrected chi connectivity index (χ3v) is 3.34. The molecular weight excluding hydrogens is 274 g/mol. The molecule has 0 radical (unpaired) electrons. The SMILES string of the molecule is COc1ccc(COc2ccccc2CNC(C)(C)C)cc1. The number of para-hydroxylation sites is 1. The van der Waals surface area contributed by atoms with Crippen LogP contribution in [0.3, 0.4) is 0 Å². The lowest BCUT2D eigenvalue weighted by atomic mass is 10.1. The molecule has 3 heteroatoms. The smallest absolute Gasteiger partial charge is 0.124 e. The van der Waals surface area contributed by atoms with Gasteiger partial charge < -0.3 is 14.8 Å². The lowest BCUT2D eigenvalue weighted by Crippen LogP contribution is -2.35. The van der Waals surface area contributed by atoms with Gasteiger partial charge >= 0.3 is 0 Å². The zero-order valence-corrected chi connectivity index (χ0v) is 13.8. The van der Waals surface area contributed by atoms with E-state index in [-0.39, 0.29) is 5.54 Å². The van der Waals surface area contributed by atoms with Gasteiger partial charge in [0.1, 0.15) is 18.1 Å². The minimum Gasteiger partial charge on any atom is -0.497 e. The van der Waals surface area contributed by atoms with Crippen LogP contribution in [0.2, 0.25) is 0 Å². The van der Waals surface area contributed by atoms with Gasteiger partial charge in [-0.3, -0.25) is 0 Å². The maximum atomic E-state index is 5.98. The van der Waals surface area contributed by atoms with Crippen LogP contribution < -0.4 is 14.8 Å². The molecule has 0 aliphatic rings. The molecule has 0 unspecified atom stereocenters. The Kier molecular flexibility index (Phi) is 5.45. The van der Waals surface area contributed by atoms with E-state index < -0.39 is 0 Å². The Bertz CT molecular complexity index is 585. The second-order valence-electron chi connectivity index (χ2n) is 6.35. The summed E-state index contributed by atoms with van der Waals surface area (Å²) in [5.74, 6) is 1.79. The minimum atomic E-state index is 0.0864. The molecule has 2 aromatic rings. The molecule has 0 saturated heterocycles. The quantitative estimate of drug-likeness (QED) is 0.868. The van der Waals surface area contributed by atoms with Gasteiger partial charge in [-0.1, -0.05) is 30.3 Å². The maximum Gasteiger partial charge on any atom is 0.124 e. The maximum absolute atomic E-state index is 5.98. The van der Waals surface area contributed by atoms with Crippen molar-refractivity contribution in [1.29, 1.82) is 0 Å². The van der Waals surface area contributed by atoms with Crippen LogP contribution in [0, 0.1) is 0 Å². The molecule has 0 amide bonds. The van der Waals surface area contributed by atoms with E-state index in [2.05, 4.69) is 32.2 Å². The largest absolute Gasteiger partial charge is 0.497 e. The highest BCUT2D eigenvalue weighted by Gasteiger charge is 2.10. The fourth-order valence-corrected chi connectivity index (χ4v) is 2.03. The number of nitrogens with one attached hydrogen (secondary N) is 1. The summed E-state index contributed by atoms with van der Waals surface area (Å²) in [6.07, 6.45) is 0. The molecular formula is C19H25NO2. The first kappa shape index (κ1) is 16.4. The molecule has 0 spiro atoms. The third-order valence-electron chi connectivity index (χ3n) is 3.34. The van der Waals surface area contributed by atoms with E-state index in [0.29, 0.717) is 6.61 Å². The van der Waals surface area contributed by atoms with Crippen molar-refractivity contribution in [2.75, 3.05) is 7.11 Å². The third kappa shape index (κ3) is 5.08. The zero-order chi connectivity index (χ0) is 16.0. The summed E-state index contributed by atoms with van der Waals surface area (Å²) in [5, 5.41) is 3.50. The van der Waals surface area contributed by atoms with Crippen LogP contribution in [0.25, 0.3) is 0 Å². The number of hydrogen-bond donors (Lipinski definition) is 1. The first-order valence-electron chi connectivity index (χ1n) is 7.56.